The van der Waals surface area contributed by atoms with Crippen molar-refractivity contribution in [2.24, 2.45) is 5.92 Å². The first-order valence-electron chi connectivity index (χ1n) is 9.19. The second-order valence-electron chi connectivity index (χ2n) is 8.93. The van der Waals surface area contributed by atoms with Gasteiger partial charge in [0.1, 0.15) is 8.07 Å². The van der Waals surface area contributed by atoms with Crippen molar-refractivity contribution in [1.82, 2.24) is 0 Å². The van der Waals surface area contributed by atoms with Gasteiger partial charge in [0.2, 0.25) is 0 Å². The third-order valence-corrected chi connectivity index (χ3v) is 12.3. The minimum Gasteiger partial charge on any atom is -0.399 e. The Bertz CT molecular complexity index is 539. The zero-order valence-electron chi connectivity index (χ0n) is 15.1. The number of aliphatic hydroxyl groups is 1. The highest BCUT2D eigenvalue weighted by molar-refractivity contribution is 6.91. The molecule has 0 spiro atoms. The van der Waals surface area contributed by atoms with Crippen molar-refractivity contribution in [2.75, 3.05) is 6.23 Å². The summed E-state index contributed by atoms with van der Waals surface area (Å²) in [5.41, 5.74) is 0. The van der Waals surface area contributed by atoms with Gasteiger partial charge in [-0.15, -0.1) is 0 Å². The molecule has 1 N–H and O–H groups in total. The molecule has 23 heavy (non-hydrogen) atoms. The number of ether oxygens (including phenoxy) is 1. The standard InChI is InChI=1S/C19H32O2Si2/c1-22(2,12-11-15-5-10-18-19(13-15)21-18)16-6-8-17(9-7-16)23(3,4)14-20/h6-9,15,18-20H,5,10-14H2,1-4H3. The van der Waals surface area contributed by atoms with E-state index < -0.39 is 16.1 Å². The first-order chi connectivity index (χ1) is 10.8. The van der Waals surface area contributed by atoms with Gasteiger partial charge in [-0.25, -0.2) is 0 Å². The van der Waals surface area contributed by atoms with Crippen LogP contribution in [0.15, 0.2) is 24.3 Å². The molecule has 0 aromatic heterocycles. The van der Waals surface area contributed by atoms with Crippen LogP contribution < -0.4 is 10.4 Å². The predicted molar refractivity (Wildman–Crippen MR) is 103 cm³/mol. The molecule has 3 rings (SSSR count). The third kappa shape index (κ3) is 3.98. The largest absolute Gasteiger partial charge is 0.399 e. The number of epoxide rings is 1. The van der Waals surface area contributed by atoms with Crippen molar-refractivity contribution < 1.29 is 9.84 Å². The van der Waals surface area contributed by atoms with Gasteiger partial charge in [0.25, 0.3) is 0 Å². The van der Waals surface area contributed by atoms with Crippen molar-refractivity contribution in [3.05, 3.63) is 24.3 Å². The van der Waals surface area contributed by atoms with Crippen LogP contribution in [0.2, 0.25) is 32.2 Å². The topological polar surface area (TPSA) is 32.8 Å². The van der Waals surface area contributed by atoms with E-state index in [1.54, 1.807) is 5.19 Å². The van der Waals surface area contributed by atoms with Crippen LogP contribution in [-0.2, 0) is 4.74 Å². The van der Waals surface area contributed by atoms with E-state index in [1.807, 2.05) is 0 Å². The Kier molecular flexibility index (Phi) is 4.89. The summed E-state index contributed by atoms with van der Waals surface area (Å²) in [6.45, 7) is 9.49. The van der Waals surface area contributed by atoms with Crippen LogP contribution in [0.5, 0.6) is 0 Å². The molecule has 1 aromatic rings. The molecule has 0 radical (unpaired) electrons. The molecule has 0 bridgehead atoms. The summed E-state index contributed by atoms with van der Waals surface area (Å²) in [4.78, 5) is 0. The van der Waals surface area contributed by atoms with E-state index in [0.29, 0.717) is 18.4 Å². The van der Waals surface area contributed by atoms with Crippen molar-refractivity contribution in [1.29, 1.82) is 0 Å². The van der Waals surface area contributed by atoms with Gasteiger partial charge >= 0.3 is 0 Å². The van der Waals surface area contributed by atoms with E-state index in [-0.39, 0.29) is 0 Å². The molecule has 2 fully saturated rings. The summed E-state index contributed by atoms with van der Waals surface area (Å²) in [6.07, 6.45) is 6.94. The molecule has 1 aromatic carbocycles. The van der Waals surface area contributed by atoms with Crippen LogP contribution >= 0.6 is 0 Å². The number of rotatable bonds is 6. The Morgan fingerprint density at radius 2 is 1.57 bits per heavy atom. The molecule has 4 heteroatoms. The van der Waals surface area contributed by atoms with Crippen LogP contribution in [0.3, 0.4) is 0 Å². The molecule has 1 heterocycles. The van der Waals surface area contributed by atoms with Gasteiger partial charge in [0, 0.05) is 6.23 Å². The highest BCUT2D eigenvalue weighted by atomic mass is 28.3. The molecule has 1 aliphatic heterocycles. The predicted octanol–water partition coefficient (Wildman–Crippen LogP) is 3.01. The number of aliphatic hydroxyl groups excluding tert-OH is 1. The number of hydrogen-bond donors (Lipinski definition) is 1. The lowest BCUT2D eigenvalue weighted by Gasteiger charge is -2.28. The summed E-state index contributed by atoms with van der Waals surface area (Å²) in [7, 11) is -2.98. The summed E-state index contributed by atoms with van der Waals surface area (Å²) < 4.78 is 5.68. The lowest BCUT2D eigenvalue weighted by molar-refractivity contribution is 0.357. The first kappa shape index (κ1) is 17.4. The van der Waals surface area contributed by atoms with E-state index in [0.717, 1.165) is 5.92 Å². The summed E-state index contributed by atoms with van der Waals surface area (Å²) in [5.74, 6) is 0.894. The molecular weight excluding hydrogens is 316 g/mol. The maximum absolute atomic E-state index is 9.59. The molecule has 1 saturated carbocycles. The van der Waals surface area contributed by atoms with Crippen molar-refractivity contribution in [2.45, 2.75) is 70.1 Å². The second kappa shape index (κ2) is 6.47. The Morgan fingerprint density at radius 1 is 0.957 bits per heavy atom. The van der Waals surface area contributed by atoms with Gasteiger partial charge in [-0.3, -0.25) is 0 Å². The van der Waals surface area contributed by atoms with E-state index in [4.69, 9.17) is 4.74 Å². The molecule has 1 aliphatic carbocycles. The molecule has 2 aliphatic rings. The number of hydrogen-bond acceptors (Lipinski definition) is 2. The zero-order valence-corrected chi connectivity index (χ0v) is 17.1. The van der Waals surface area contributed by atoms with E-state index in [1.165, 1.54) is 36.9 Å². The lowest BCUT2D eigenvalue weighted by atomic mass is 9.87. The van der Waals surface area contributed by atoms with Crippen molar-refractivity contribution in [3.8, 4) is 0 Å². The third-order valence-electron chi connectivity index (χ3n) is 6.13. The normalized spacial score (nSPS) is 27.6. The van der Waals surface area contributed by atoms with E-state index in [2.05, 4.69) is 50.5 Å². The first-order valence-corrected chi connectivity index (χ1v) is 15.6. The number of fused-ring (bicyclic) bond motifs is 1. The molecule has 128 valence electrons. The maximum atomic E-state index is 9.59. The highest BCUT2D eigenvalue weighted by Crippen LogP contribution is 2.41. The summed E-state index contributed by atoms with van der Waals surface area (Å²) in [5, 5.41) is 12.5. The van der Waals surface area contributed by atoms with E-state index in [9.17, 15) is 5.11 Å². The van der Waals surface area contributed by atoms with Crippen LogP contribution in [-0.4, -0.2) is 39.7 Å². The minimum atomic E-state index is -1.63. The minimum absolute atomic E-state index is 0.332. The fraction of sp³-hybridized carbons (Fsp3) is 0.684. The average molecular weight is 349 g/mol. The quantitative estimate of drug-likeness (QED) is 0.633. The Hall–Kier alpha value is -0.426. The molecular formula is C19H32O2Si2. The summed E-state index contributed by atoms with van der Waals surface area (Å²) >= 11 is 0. The van der Waals surface area contributed by atoms with Gasteiger partial charge < -0.3 is 9.84 Å². The van der Waals surface area contributed by atoms with Crippen molar-refractivity contribution >= 4 is 26.5 Å². The lowest BCUT2D eigenvalue weighted by Crippen LogP contribution is -2.47. The second-order valence-corrected chi connectivity index (χ2v) is 18.4. The van der Waals surface area contributed by atoms with Gasteiger partial charge in [-0.1, -0.05) is 73.3 Å². The van der Waals surface area contributed by atoms with Crippen LogP contribution in [0, 0.1) is 5.92 Å². The molecule has 0 amide bonds. The van der Waals surface area contributed by atoms with Crippen LogP contribution in [0.4, 0.5) is 0 Å². The molecule has 2 nitrogen and oxygen atoms in total. The van der Waals surface area contributed by atoms with E-state index >= 15 is 0 Å². The highest BCUT2D eigenvalue weighted by Gasteiger charge is 2.43. The molecule has 3 atom stereocenters. The van der Waals surface area contributed by atoms with Gasteiger partial charge in [0.05, 0.1) is 20.3 Å². The molecule has 1 saturated heterocycles. The Labute approximate surface area is 143 Å². The molecule has 3 unspecified atom stereocenters. The Balaban J connectivity index is 1.60. The number of benzene rings is 1. The Morgan fingerprint density at radius 3 is 2.13 bits per heavy atom. The maximum Gasteiger partial charge on any atom is 0.109 e. The van der Waals surface area contributed by atoms with Crippen LogP contribution in [0.25, 0.3) is 0 Å². The van der Waals surface area contributed by atoms with Gasteiger partial charge in [-0.05, 0) is 25.2 Å². The average Bonchev–Trinajstić information content (AvgIpc) is 3.32. The smallest absolute Gasteiger partial charge is 0.109 e. The fourth-order valence-electron chi connectivity index (χ4n) is 3.92. The van der Waals surface area contributed by atoms with Crippen molar-refractivity contribution in [3.63, 3.8) is 0 Å². The monoisotopic (exact) mass is 348 g/mol. The fourth-order valence-corrected chi connectivity index (χ4v) is 7.66. The van der Waals surface area contributed by atoms with Gasteiger partial charge in [0.15, 0.2) is 0 Å². The SMILES string of the molecule is C[Si](C)(CO)c1ccc([Si](C)(C)CCC2CCC3OC3C2)cc1. The van der Waals surface area contributed by atoms with Crippen LogP contribution in [0.1, 0.15) is 25.7 Å². The zero-order chi connectivity index (χ0) is 16.7. The summed E-state index contributed by atoms with van der Waals surface area (Å²) in [6, 6.07) is 10.7. The van der Waals surface area contributed by atoms with Gasteiger partial charge in [-0.2, -0.15) is 0 Å².